The summed E-state index contributed by atoms with van der Waals surface area (Å²) in [4.78, 5) is 35.7. The predicted molar refractivity (Wildman–Crippen MR) is 109 cm³/mol. The Kier molecular flexibility index (Phi) is 4.47. The van der Waals surface area contributed by atoms with E-state index in [0.29, 0.717) is 17.0 Å². The van der Waals surface area contributed by atoms with Crippen molar-refractivity contribution in [1.82, 2.24) is 9.97 Å². The second-order valence-corrected chi connectivity index (χ2v) is 9.91. The summed E-state index contributed by atoms with van der Waals surface area (Å²) in [7, 11) is 0. The van der Waals surface area contributed by atoms with Gasteiger partial charge in [-0.3, -0.25) is 14.6 Å². The van der Waals surface area contributed by atoms with Crippen molar-refractivity contribution in [3.8, 4) is 10.7 Å². The summed E-state index contributed by atoms with van der Waals surface area (Å²) in [6.07, 6.45) is 6.06. The molecule has 5 rings (SSSR count). The molecule has 2 unspecified atom stereocenters. The molecule has 5 nitrogen and oxygen atoms in total. The van der Waals surface area contributed by atoms with Gasteiger partial charge in [0, 0.05) is 27.4 Å². The highest BCUT2D eigenvalue weighted by atomic mass is 79.9. The zero-order chi connectivity index (χ0) is 19.4. The van der Waals surface area contributed by atoms with E-state index >= 15 is 0 Å². The van der Waals surface area contributed by atoms with E-state index in [1.807, 2.05) is 19.1 Å². The van der Waals surface area contributed by atoms with Crippen molar-refractivity contribution < 1.29 is 14.3 Å². The molecule has 7 heteroatoms. The van der Waals surface area contributed by atoms with Crippen LogP contribution in [-0.4, -0.2) is 21.7 Å². The molecule has 0 radical (unpaired) electrons. The van der Waals surface area contributed by atoms with Crippen LogP contribution in [0.25, 0.3) is 16.3 Å². The van der Waals surface area contributed by atoms with Crippen LogP contribution in [0.3, 0.4) is 0 Å². The number of Topliss-reactive ketones (excluding diaryl/α,β-unsaturated/α-hetero) is 1. The molecule has 2 saturated carbocycles. The molecule has 0 N–H and O–H groups in total. The van der Waals surface area contributed by atoms with Crippen molar-refractivity contribution in [3.05, 3.63) is 39.1 Å². The lowest BCUT2D eigenvalue weighted by atomic mass is 9.85. The van der Waals surface area contributed by atoms with Gasteiger partial charge in [0.15, 0.2) is 5.78 Å². The van der Waals surface area contributed by atoms with Gasteiger partial charge in [-0.05, 0) is 67.1 Å². The number of aryl methyl sites for hydroxylation is 1. The molecule has 2 bridgehead atoms. The van der Waals surface area contributed by atoms with Gasteiger partial charge in [0.25, 0.3) is 0 Å². The molecule has 3 aliphatic carbocycles. The summed E-state index contributed by atoms with van der Waals surface area (Å²) in [5, 5.41) is 0.770. The Morgan fingerprint density at radius 3 is 2.71 bits per heavy atom. The first-order valence-electron chi connectivity index (χ1n) is 9.61. The van der Waals surface area contributed by atoms with Crippen molar-refractivity contribution in [2.24, 2.45) is 17.8 Å². The summed E-state index contributed by atoms with van der Waals surface area (Å²) < 4.78 is 6.73. The van der Waals surface area contributed by atoms with Crippen LogP contribution in [0.2, 0.25) is 0 Å². The first kappa shape index (κ1) is 18.2. The number of aromatic nitrogens is 2. The number of nitrogens with zero attached hydrogens (tertiary/aromatic N) is 2. The Bertz CT molecular complexity index is 1010. The van der Waals surface area contributed by atoms with Gasteiger partial charge in [0.05, 0.1) is 22.9 Å². The number of allylic oxidation sites excluding steroid dienone is 2. The molecule has 28 heavy (non-hydrogen) atoms. The molecule has 2 fully saturated rings. The number of hydrogen-bond donors (Lipinski definition) is 0. The monoisotopic (exact) mass is 458 g/mol. The molecule has 144 valence electrons. The van der Waals surface area contributed by atoms with E-state index in [0.717, 1.165) is 52.2 Å². The van der Waals surface area contributed by atoms with E-state index in [2.05, 4.69) is 20.9 Å². The number of esters is 1. The molecule has 0 aliphatic heterocycles. The minimum atomic E-state index is -0.187. The molecular formula is C21H19BrN2O3S. The standard InChI is InChI=1S/C21H19BrN2O3S/c1-10-17(24-20(28-10)15-7-6-14(22)9-23-15)16-18(25)12-4-5-13(8-12)19(16)27-21(26)11-2-3-11/h6-7,9,11-13H,2-5,8H2,1H3. The van der Waals surface area contributed by atoms with E-state index in [-0.39, 0.29) is 29.5 Å². The number of carbonyl (C=O) groups excluding carboxylic acids is 2. The number of pyridine rings is 1. The van der Waals surface area contributed by atoms with Crippen LogP contribution < -0.4 is 0 Å². The van der Waals surface area contributed by atoms with E-state index in [1.165, 1.54) is 11.3 Å². The fourth-order valence-corrected chi connectivity index (χ4v) is 5.24. The van der Waals surface area contributed by atoms with Crippen LogP contribution in [0.5, 0.6) is 0 Å². The molecule has 3 aliphatic rings. The van der Waals surface area contributed by atoms with E-state index in [4.69, 9.17) is 9.72 Å². The molecular weight excluding hydrogens is 440 g/mol. The van der Waals surface area contributed by atoms with Crippen LogP contribution in [-0.2, 0) is 14.3 Å². The summed E-state index contributed by atoms with van der Waals surface area (Å²) in [5.41, 5.74) is 1.96. The maximum Gasteiger partial charge on any atom is 0.314 e. The lowest BCUT2D eigenvalue weighted by molar-refractivity contribution is -0.141. The summed E-state index contributed by atoms with van der Waals surface area (Å²) >= 11 is 4.91. The van der Waals surface area contributed by atoms with Gasteiger partial charge in [-0.2, -0.15) is 0 Å². The molecule has 2 aromatic rings. The highest BCUT2D eigenvalue weighted by molar-refractivity contribution is 9.10. The number of carbonyl (C=O) groups is 2. The second kappa shape index (κ2) is 6.88. The fourth-order valence-electron chi connectivity index (χ4n) is 4.11. The smallest absolute Gasteiger partial charge is 0.314 e. The number of rotatable bonds is 4. The van der Waals surface area contributed by atoms with Crippen LogP contribution in [0.1, 0.15) is 42.7 Å². The molecule has 2 atom stereocenters. The molecule has 0 amide bonds. The van der Waals surface area contributed by atoms with Crippen molar-refractivity contribution in [1.29, 1.82) is 0 Å². The van der Waals surface area contributed by atoms with Crippen molar-refractivity contribution in [3.63, 3.8) is 0 Å². The first-order chi connectivity index (χ1) is 13.5. The quantitative estimate of drug-likeness (QED) is 0.606. The largest absolute Gasteiger partial charge is 0.430 e. The van der Waals surface area contributed by atoms with Gasteiger partial charge in [0.2, 0.25) is 0 Å². The van der Waals surface area contributed by atoms with Crippen LogP contribution >= 0.6 is 27.3 Å². The maximum atomic E-state index is 13.2. The highest BCUT2D eigenvalue weighted by Crippen LogP contribution is 2.48. The third-order valence-corrected chi connectivity index (χ3v) is 7.23. The number of ketones is 1. The van der Waals surface area contributed by atoms with E-state index < -0.39 is 0 Å². The number of fused-ring (bicyclic) bond motifs is 2. The van der Waals surface area contributed by atoms with Crippen LogP contribution in [0.15, 0.2) is 28.6 Å². The highest BCUT2D eigenvalue weighted by Gasteiger charge is 2.45. The second-order valence-electron chi connectivity index (χ2n) is 7.79. The Hall–Kier alpha value is -1.86. The average Bonchev–Trinajstić information content (AvgIpc) is 3.33. The van der Waals surface area contributed by atoms with Gasteiger partial charge in [-0.15, -0.1) is 11.3 Å². The maximum absolute atomic E-state index is 13.2. The van der Waals surface area contributed by atoms with Crippen LogP contribution in [0, 0.1) is 24.7 Å². The van der Waals surface area contributed by atoms with Gasteiger partial charge in [0.1, 0.15) is 10.8 Å². The minimum Gasteiger partial charge on any atom is -0.430 e. The topological polar surface area (TPSA) is 69.2 Å². The number of hydrogen-bond acceptors (Lipinski definition) is 6. The number of ether oxygens (including phenoxy) is 1. The first-order valence-corrected chi connectivity index (χ1v) is 11.2. The molecule has 2 heterocycles. The third-order valence-electron chi connectivity index (χ3n) is 5.77. The SMILES string of the molecule is Cc1sc(-c2ccc(Br)cn2)nc1C1=C(OC(=O)C2CC2)C2CCC(C2)C1=O. The Morgan fingerprint density at radius 1 is 1.21 bits per heavy atom. The predicted octanol–water partition coefficient (Wildman–Crippen LogP) is 4.94. The lowest BCUT2D eigenvalue weighted by Crippen LogP contribution is -2.24. The average molecular weight is 459 g/mol. The normalized spacial score (nSPS) is 24.0. The van der Waals surface area contributed by atoms with E-state index in [1.54, 1.807) is 6.20 Å². The molecule has 2 aromatic heterocycles. The van der Waals surface area contributed by atoms with Gasteiger partial charge in [-0.1, -0.05) is 0 Å². The van der Waals surface area contributed by atoms with Crippen molar-refractivity contribution in [2.45, 2.75) is 39.0 Å². The summed E-state index contributed by atoms with van der Waals surface area (Å²) in [6, 6.07) is 3.83. The Balaban J connectivity index is 1.59. The fraction of sp³-hybridized carbons (Fsp3) is 0.429. The summed E-state index contributed by atoms with van der Waals surface area (Å²) in [5.74, 6) is 0.639. The van der Waals surface area contributed by atoms with Crippen molar-refractivity contribution in [2.75, 3.05) is 0 Å². The molecule has 0 saturated heterocycles. The van der Waals surface area contributed by atoms with Crippen LogP contribution in [0.4, 0.5) is 0 Å². The van der Waals surface area contributed by atoms with Gasteiger partial charge < -0.3 is 4.74 Å². The third kappa shape index (κ3) is 3.14. The zero-order valence-electron chi connectivity index (χ0n) is 15.4. The number of halogens is 1. The van der Waals surface area contributed by atoms with Gasteiger partial charge in [-0.25, -0.2) is 4.98 Å². The number of thiazole rings is 1. The zero-order valence-corrected chi connectivity index (χ0v) is 17.8. The van der Waals surface area contributed by atoms with Crippen molar-refractivity contribution >= 4 is 44.6 Å². The Labute approximate surface area is 175 Å². The van der Waals surface area contributed by atoms with E-state index in [9.17, 15) is 9.59 Å². The molecule has 0 spiro atoms. The van der Waals surface area contributed by atoms with Gasteiger partial charge >= 0.3 is 5.97 Å². The lowest BCUT2D eigenvalue weighted by Gasteiger charge is -2.24. The Morgan fingerprint density at radius 2 is 2.00 bits per heavy atom. The summed E-state index contributed by atoms with van der Waals surface area (Å²) in [6.45, 7) is 1.96. The molecule has 0 aromatic carbocycles. The minimum absolute atomic E-state index is 0.00189.